The molecule has 3 aliphatic rings. The number of benzene rings is 3. The number of rotatable bonds is 4. The normalized spacial score (nSPS) is 18.8. The van der Waals surface area contributed by atoms with Crippen LogP contribution in [0.3, 0.4) is 0 Å². The fourth-order valence-electron chi connectivity index (χ4n) is 6.32. The Kier molecular flexibility index (Phi) is 9.51. The molecule has 11 nitrogen and oxygen atoms in total. The number of nitrogens with one attached hydrogen (secondary N) is 2. The largest absolute Gasteiger partial charge is 0.496 e. The number of likely N-dealkylation sites (tertiary alicyclic amines) is 1. The number of methoxy groups -OCH3 is 2. The van der Waals surface area contributed by atoms with E-state index in [0.29, 0.717) is 48.9 Å². The van der Waals surface area contributed by atoms with Crippen LogP contribution in [-0.4, -0.2) is 73.3 Å². The molecule has 2 N–H and O–H groups in total. The number of carbonyl (C=O) groups excluding carboxylic acids is 3. The second-order valence-corrected chi connectivity index (χ2v) is 11.9. The number of hydrogen-bond acceptors (Lipinski definition) is 7. The van der Waals surface area contributed by atoms with Gasteiger partial charge in [-0.1, -0.05) is 24.3 Å². The van der Waals surface area contributed by atoms with E-state index in [0.717, 1.165) is 27.6 Å². The van der Waals surface area contributed by atoms with Gasteiger partial charge in [-0.2, -0.15) is 0 Å². The lowest BCUT2D eigenvalue weighted by Gasteiger charge is -2.39. The number of nitrogens with zero attached hydrogens (tertiary/aromatic N) is 2. The highest BCUT2D eigenvalue weighted by Gasteiger charge is 2.34. The highest BCUT2D eigenvalue weighted by Crippen LogP contribution is 2.30. The molecule has 3 amide bonds. The minimum Gasteiger partial charge on any atom is -0.496 e. The zero-order chi connectivity index (χ0) is 32.9. The van der Waals surface area contributed by atoms with Gasteiger partial charge in [0.15, 0.2) is 18.1 Å². The molecule has 1 fully saturated rings. The molecule has 3 aromatic carbocycles. The van der Waals surface area contributed by atoms with E-state index in [1.807, 2.05) is 60.3 Å². The first-order chi connectivity index (χ1) is 22.8. The third-order valence-corrected chi connectivity index (χ3v) is 8.82. The molecule has 0 spiro atoms. The summed E-state index contributed by atoms with van der Waals surface area (Å²) < 4.78 is 25.5. The smallest absolute Gasteiger partial charge is 0.258 e. The summed E-state index contributed by atoms with van der Waals surface area (Å²) in [6.45, 7) is 0.785. The van der Waals surface area contributed by atoms with Crippen LogP contribution in [-0.2, 0) is 40.8 Å². The number of para-hydroxylation sites is 1. The maximum atomic E-state index is 13.6. The number of fused-ring (bicyclic) bond motifs is 10. The summed E-state index contributed by atoms with van der Waals surface area (Å²) in [5.41, 5.74) is 3.71. The Bertz CT molecular complexity index is 1780. The molecule has 246 valence electrons. The van der Waals surface area contributed by atoms with Crippen molar-refractivity contribution in [2.45, 2.75) is 44.4 Å². The summed E-state index contributed by atoms with van der Waals surface area (Å²) in [6.07, 6.45) is 3.09. The molecule has 3 aliphatic heterocycles. The molecular formula is C36H40N4O7. The summed E-state index contributed by atoms with van der Waals surface area (Å²) in [6, 6.07) is 18.4. The number of piperidine rings is 1. The van der Waals surface area contributed by atoms with Crippen molar-refractivity contribution in [3.05, 3.63) is 83.6 Å². The number of aryl methyl sites for hydroxylation is 2. The predicted octanol–water partition coefficient (Wildman–Crippen LogP) is 3.54. The fraction of sp³-hybridized carbons (Fsp3) is 0.361. The van der Waals surface area contributed by atoms with Crippen molar-refractivity contribution in [3.8, 4) is 23.0 Å². The first-order valence-electron chi connectivity index (χ1n) is 15.8. The summed E-state index contributed by atoms with van der Waals surface area (Å²) in [5, 5.41) is 7.09. The molecule has 47 heavy (non-hydrogen) atoms. The average Bonchev–Trinajstić information content (AvgIpc) is 3.40. The zero-order valence-corrected chi connectivity index (χ0v) is 26.9. The molecule has 4 heterocycles. The van der Waals surface area contributed by atoms with Crippen LogP contribution < -0.4 is 29.6 Å². The highest BCUT2D eigenvalue weighted by atomic mass is 16.5. The van der Waals surface area contributed by atoms with Crippen molar-refractivity contribution < 1.29 is 33.3 Å². The van der Waals surface area contributed by atoms with E-state index in [1.54, 1.807) is 30.2 Å². The van der Waals surface area contributed by atoms with Gasteiger partial charge in [-0.3, -0.25) is 14.4 Å². The van der Waals surface area contributed by atoms with Gasteiger partial charge in [0.1, 0.15) is 17.6 Å². The molecule has 1 aromatic heterocycles. The van der Waals surface area contributed by atoms with Crippen LogP contribution >= 0.6 is 0 Å². The molecular weight excluding hydrogens is 600 g/mol. The Balaban J connectivity index is 1.25. The van der Waals surface area contributed by atoms with E-state index >= 15 is 0 Å². The quantitative estimate of drug-likeness (QED) is 0.350. The van der Waals surface area contributed by atoms with Crippen LogP contribution in [0.25, 0.3) is 10.9 Å². The van der Waals surface area contributed by atoms with Crippen LogP contribution in [0.4, 0.5) is 0 Å². The van der Waals surface area contributed by atoms with Gasteiger partial charge in [-0.25, -0.2) is 0 Å². The van der Waals surface area contributed by atoms with Crippen molar-refractivity contribution in [2.24, 2.45) is 7.05 Å². The SMILES string of the molecule is COc1cc2ccc1CNC(=O)CCc1ccc(OC)c(c1)OCC(=O)N[C@@H]1CN(C(=O)Cc3cn(C)c4ccccc34)CC[C@@H]1O2. The maximum absolute atomic E-state index is 13.6. The molecule has 1 saturated heterocycles. The monoisotopic (exact) mass is 640 g/mol. The van der Waals surface area contributed by atoms with Gasteiger partial charge < -0.3 is 39.0 Å². The topological polar surface area (TPSA) is 120 Å². The maximum Gasteiger partial charge on any atom is 0.258 e. The Morgan fingerprint density at radius 2 is 1.81 bits per heavy atom. The summed E-state index contributed by atoms with van der Waals surface area (Å²) >= 11 is 0. The van der Waals surface area contributed by atoms with E-state index < -0.39 is 12.1 Å². The van der Waals surface area contributed by atoms with Crippen molar-refractivity contribution in [1.29, 1.82) is 0 Å². The lowest BCUT2D eigenvalue weighted by Crippen LogP contribution is -2.58. The molecule has 4 bridgehead atoms. The van der Waals surface area contributed by atoms with Gasteiger partial charge in [0, 0.05) is 68.3 Å². The van der Waals surface area contributed by atoms with Crippen LogP contribution in [0, 0.1) is 0 Å². The molecule has 11 heteroatoms. The number of hydrogen-bond donors (Lipinski definition) is 2. The molecule has 0 radical (unpaired) electrons. The standard InChI is InChI=1S/C36H40N4O7/c1-39-20-25(27-6-4-5-7-29(27)39)17-36(43)40-15-14-30-28(21-40)38-35(42)22-46-33-16-23(8-12-31(33)44-2)9-13-34(41)37-19-24-10-11-26(47-30)18-32(24)45-3/h4-8,10-12,16,18,20,28,30H,9,13-15,17,19,21-22H2,1-3H3,(H,37,41)(H,38,42)/t28-,30+/m1/s1. The molecule has 2 atom stereocenters. The van der Waals surface area contributed by atoms with Crippen LogP contribution in [0.2, 0.25) is 0 Å². The Hall–Kier alpha value is -5.19. The Morgan fingerprint density at radius 1 is 0.979 bits per heavy atom. The highest BCUT2D eigenvalue weighted by molar-refractivity contribution is 5.89. The van der Waals surface area contributed by atoms with Gasteiger partial charge in [0.05, 0.1) is 26.7 Å². The van der Waals surface area contributed by atoms with Crippen molar-refractivity contribution in [1.82, 2.24) is 20.1 Å². The minimum atomic E-state index is -0.503. The molecule has 0 saturated carbocycles. The van der Waals surface area contributed by atoms with Gasteiger partial charge in [0.25, 0.3) is 5.91 Å². The number of carbonyl (C=O) groups is 3. The number of aromatic nitrogens is 1. The summed E-state index contributed by atoms with van der Waals surface area (Å²) in [7, 11) is 5.08. The van der Waals surface area contributed by atoms with Gasteiger partial charge in [-0.05, 0) is 47.9 Å². The van der Waals surface area contributed by atoms with Crippen LogP contribution in [0.5, 0.6) is 23.0 Å². The predicted molar refractivity (Wildman–Crippen MR) is 176 cm³/mol. The fourth-order valence-corrected chi connectivity index (χ4v) is 6.32. The molecule has 7 rings (SSSR count). The summed E-state index contributed by atoms with van der Waals surface area (Å²) in [5.74, 6) is 1.55. The van der Waals surface area contributed by atoms with Crippen molar-refractivity contribution >= 4 is 28.6 Å². The molecule has 4 aromatic rings. The lowest BCUT2D eigenvalue weighted by atomic mass is 10.00. The van der Waals surface area contributed by atoms with E-state index in [1.165, 1.54) is 7.11 Å². The Morgan fingerprint density at radius 3 is 2.64 bits per heavy atom. The first kappa shape index (κ1) is 31.8. The van der Waals surface area contributed by atoms with E-state index in [9.17, 15) is 14.4 Å². The molecule has 0 unspecified atom stereocenters. The Labute approximate surface area is 273 Å². The number of ether oxygens (including phenoxy) is 4. The van der Waals surface area contributed by atoms with E-state index in [4.69, 9.17) is 18.9 Å². The third-order valence-electron chi connectivity index (χ3n) is 8.82. The lowest BCUT2D eigenvalue weighted by molar-refractivity contribution is -0.135. The van der Waals surface area contributed by atoms with Crippen LogP contribution in [0.1, 0.15) is 29.5 Å². The van der Waals surface area contributed by atoms with Crippen molar-refractivity contribution in [3.63, 3.8) is 0 Å². The second-order valence-electron chi connectivity index (χ2n) is 11.9. The van der Waals surface area contributed by atoms with E-state index in [2.05, 4.69) is 10.6 Å². The first-order valence-corrected chi connectivity index (χ1v) is 15.8. The third kappa shape index (κ3) is 7.29. The van der Waals surface area contributed by atoms with Crippen LogP contribution in [0.15, 0.2) is 66.9 Å². The van der Waals surface area contributed by atoms with Gasteiger partial charge >= 0.3 is 0 Å². The van der Waals surface area contributed by atoms with Crippen molar-refractivity contribution in [2.75, 3.05) is 33.9 Å². The van der Waals surface area contributed by atoms with Gasteiger partial charge in [0.2, 0.25) is 11.8 Å². The molecule has 0 aliphatic carbocycles. The zero-order valence-electron chi connectivity index (χ0n) is 26.9. The average molecular weight is 641 g/mol. The minimum absolute atomic E-state index is 0.0181. The van der Waals surface area contributed by atoms with Gasteiger partial charge in [-0.15, -0.1) is 0 Å². The summed E-state index contributed by atoms with van der Waals surface area (Å²) in [4.78, 5) is 41.5. The second kappa shape index (κ2) is 14.1. The van der Waals surface area contributed by atoms with E-state index in [-0.39, 0.29) is 43.7 Å². The number of amides is 3.